The molecule has 0 radical (unpaired) electrons. The van der Waals surface area contributed by atoms with E-state index in [1.807, 2.05) is 62.4 Å². The van der Waals surface area contributed by atoms with Gasteiger partial charge in [-0.2, -0.15) is 0 Å². The summed E-state index contributed by atoms with van der Waals surface area (Å²) >= 11 is 7.57. The third kappa shape index (κ3) is 5.69. The number of ether oxygens (including phenoxy) is 3. The molecule has 5 aromatic rings. The molecule has 0 fully saturated rings. The van der Waals surface area contributed by atoms with E-state index in [9.17, 15) is 9.59 Å². The van der Waals surface area contributed by atoms with Crippen molar-refractivity contribution in [1.82, 2.24) is 9.13 Å². The van der Waals surface area contributed by atoms with Crippen molar-refractivity contribution >= 4 is 45.9 Å². The van der Waals surface area contributed by atoms with Crippen molar-refractivity contribution in [3.63, 3.8) is 0 Å². The van der Waals surface area contributed by atoms with E-state index in [0.29, 0.717) is 51.2 Å². The van der Waals surface area contributed by atoms with Gasteiger partial charge in [0.2, 0.25) is 0 Å². The van der Waals surface area contributed by atoms with Crippen LogP contribution in [0.1, 0.15) is 42.3 Å². The number of methoxy groups -OCH3 is 1. The Balaban J connectivity index is 1.52. The second-order valence-electron chi connectivity index (χ2n) is 10.5. The summed E-state index contributed by atoms with van der Waals surface area (Å²) in [6.45, 7) is 7.37. The minimum absolute atomic E-state index is 0.248. The maximum Gasteiger partial charge on any atom is 0.337 e. The Bertz CT molecular complexity index is 2140. The Morgan fingerprint density at radius 3 is 2.56 bits per heavy atom. The highest BCUT2D eigenvalue weighted by Gasteiger charge is 2.31. The summed E-state index contributed by atoms with van der Waals surface area (Å²) in [7, 11) is 1.32. The predicted molar refractivity (Wildman–Crippen MR) is 177 cm³/mol. The van der Waals surface area contributed by atoms with Crippen molar-refractivity contribution in [2.45, 2.75) is 33.4 Å². The van der Waals surface area contributed by atoms with E-state index in [1.165, 1.54) is 24.6 Å². The molecule has 3 aromatic carbocycles. The Hall–Kier alpha value is -4.60. The molecule has 10 heteroatoms. The Labute approximate surface area is 269 Å². The summed E-state index contributed by atoms with van der Waals surface area (Å²) < 4.78 is 21.0. The quantitative estimate of drug-likeness (QED) is 0.191. The fourth-order valence-electron chi connectivity index (χ4n) is 5.78. The smallest absolute Gasteiger partial charge is 0.337 e. The molecule has 0 amide bonds. The van der Waals surface area contributed by atoms with E-state index >= 15 is 0 Å². The van der Waals surface area contributed by atoms with Gasteiger partial charge >= 0.3 is 5.97 Å². The molecule has 1 atom stereocenters. The first kappa shape index (κ1) is 30.4. The predicted octanol–water partition coefficient (Wildman–Crippen LogP) is 5.78. The lowest BCUT2D eigenvalue weighted by molar-refractivity contribution is -0.136. The van der Waals surface area contributed by atoms with Crippen LogP contribution in [0.3, 0.4) is 0 Å². The van der Waals surface area contributed by atoms with Crippen LogP contribution in [-0.2, 0) is 16.1 Å². The molecule has 0 unspecified atom stereocenters. The highest BCUT2D eigenvalue weighted by Crippen LogP contribution is 2.35. The molecule has 0 saturated heterocycles. The number of benzene rings is 3. The average Bonchev–Trinajstić information content (AvgIpc) is 3.50. The van der Waals surface area contributed by atoms with E-state index in [2.05, 4.69) is 34.7 Å². The first-order valence-corrected chi connectivity index (χ1v) is 15.8. The van der Waals surface area contributed by atoms with E-state index in [0.717, 1.165) is 27.7 Å². The van der Waals surface area contributed by atoms with Crippen LogP contribution in [0.25, 0.3) is 17.0 Å². The summed E-state index contributed by atoms with van der Waals surface area (Å²) in [4.78, 5) is 32.2. The number of hydrogen-bond donors (Lipinski definition) is 0. The molecule has 2 aromatic heterocycles. The number of carbonyl (C=O) groups excluding carboxylic acids is 1. The first-order chi connectivity index (χ1) is 21.8. The standard InChI is InChI=1S/C35H32ClN3O5S/c1-5-43-29-15-14-23(17-30(29)44-6-2)32-27(34(41)42-4)19-37-35-39(32)33(40)31(45-35)18-26-21(3)38(28-13-8-7-12-25(26)28)20-22-10-9-11-24(36)16-22/h7-19,32H,5-6,20H2,1-4H3/b31-18+/t32-/m0/s1. The molecule has 230 valence electrons. The zero-order valence-corrected chi connectivity index (χ0v) is 26.9. The lowest BCUT2D eigenvalue weighted by Gasteiger charge is -2.23. The number of thiazole rings is 1. The SMILES string of the molecule is CCOc1ccc([C@H]2C(C(=O)OC)=CN=c3s/c(=C/c4c(C)n(Cc5cccc(Cl)c5)c5ccccc45)c(=O)n32)cc1OCC. The molecule has 1 aliphatic rings. The highest BCUT2D eigenvalue weighted by molar-refractivity contribution is 7.07. The molecule has 0 N–H and O–H groups in total. The van der Waals surface area contributed by atoms with Gasteiger partial charge in [-0.25, -0.2) is 9.79 Å². The van der Waals surface area contributed by atoms with Crippen LogP contribution in [0.4, 0.5) is 0 Å². The molecule has 3 heterocycles. The van der Waals surface area contributed by atoms with Crippen LogP contribution >= 0.6 is 22.9 Å². The molecular weight excluding hydrogens is 610 g/mol. The second kappa shape index (κ2) is 12.8. The zero-order chi connectivity index (χ0) is 31.7. The van der Waals surface area contributed by atoms with Gasteiger partial charge < -0.3 is 18.8 Å². The van der Waals surface area contributed by atoms with Gasteiger partial charge in [0.05, 0.1) is 36.5 Å². The molecule has 6 rings (SSSR count). The number of carbonyl (C=O) groups is 1. The van der Waals surface area contributed by atoms with E-state index in [-0.39, 0.29) is 11.1 Å². The van der Waals surface area contributed by atoms with Crippen molar-refractivity contribution in [1.29, 1.82) is 0 Å². The third-order valence-corrected chi connectivity index (χ3v) is 9.03. The molecule has 0 aliphatic carbocycles. The third-order valence-electron chi connectivity index (χ3n) is 7.79. The highest BCUT2D eigenvalue weighted by atomic mass is 35.5. The molecule has 0 bridgehead atoms. The summed E-state index contributed by atoms with van der Waals surface area (Å²) in [5, 5.41) is 1.72. The normalized spacial score (nSPS) is 14.6. The Morgan fingerprint density at radius 1 is 1.02 bits per heavy atom. The van der Waals surface area contributed by atoms with Gasteiger partial charge in [0, 0.05) is 39.9 Å². The maximum atomic E-state index is 14.2. The summed E-state index contributed by atoms with van der Waals surface area (Å²) in [6, 6.07) is 20.6. The Kier molecular flexibility index (Phi) is 8.65. The lowest BCUT2D eigenvalue weighted by atomic mass is 9.97. The average molecular weight is 642 g/mol. The van der Waals surface area contributed by atoms with Crippen molar-refractivity contribution in [3.8, 4) is 11.5 Å². The van der Waals surface area contributed by atoms with E-state index < -0.39 is 12.0 Å². The molecular formula is C35H32ClN3O5S. The van der Waals surface area contributed by atoms with E-state index in [4.69, 9.17) is 25.8 Å². The van der Waals surface area contributed by atoms with E-state index in [1.54, 1.807) is 10.6 Å². The largest absolute Gasteiger partial charge is 0.490 e. The van der Waals surface area contributed by atoms with Crippen molar-refractivity contribution in [2.24, 2.45) is 4.99 Å². The summed E-state index contributed by atoms with van der Waals surface area (Å²) in [6.07, 6.45) is 3.42. The van der Waals surface area contributed by atoms with Gasteiger partial charge in [0.15, 0.2) is 16.3 Å². The van der Waals surface area contributed by atoms with Crippen LogP contribution in [0, 0.1) is 6.92 Å². The van der Waals surface area contributed by atoms with Crippen LogP contribution in [-0.4, -0.2) is 35.4 Å². The topological polar surface area (TPSA) is 84.0 Å². The van der Waals surface area contributed by atoms with Gasteiger partial charge in [0.1, 0.15) is 0 Å². The minimum atomic E-state index is -0.768. The number of esters is 1. The molecule has 0 saturated carbocycles. The molecule has 8 nitrogen and oxygen atoms in total. The van der Waals surface area contributed by atoms with Crippen molar-refractivity contribution in [2.75, 3.05) is 20.3 Å². The van der Waals surface area contributed by atoms with Crippen LogP contribution in [0.15, 0.2) is 88.3 Å². The minimum Gasteiger partial charge on any atom is -0.490 e. The number of hydrogen-bond acceptors (Lipinski definition) is 7. The van der Waals surface area contributed by atoms with Gasteiger partial charge in [-0.3, -0.25) is 9.36 Å². The first-order valence-electron chi connectivity index (χ1n) is 14.7. The van der Waals surface area contributed by atoms with Gasteiger partial charge in [0.25, 0.3) is 5.56 Å². The number of aromatic nitrogens is 2. The van der Waals surface area contributed by atoms with Gasteiger partial charge in [-0.1, -0.05) is 59.3 Å². The fourth-order valence-corrected chi connectivity index (χ4v) is 6.94. The fraction of sp³-hybridized carbons (Fsp3) is 0.229. The number of rotatable bonds is 9. The number of halogens is 1. The maximum absolute atomic E-state index is 14.2. The summed E-state index contributed by atoms with van der Waals surface area (Å²) in [5.41, 5.74) is 4.76. The van der Waals surface area contributed by atoms with Crippen LogP contribution < -0.4 is 24.4 Å². The monoisotopic (exact) mass is 641 g/mol. The van der Waals surface area contributed by atoms with Crippen molar-refractivity contribution < 1.29 is 19.0 Å². The molecule has 45 heavy (non-hydrogen) atoms. The number of para-hydroxylation sites is 1. The second-order valence-corrected chi connectivity index (χ2v) is 11.9. The molecule has 0 spiro atoms. The number of nitrogens with zero attached hydrogens (tertiary/aromatic N) is 3. The zero-order valence-electron chi connectivity index (χ0n) is 25.4. The van der Waals surface area contributed by atoms with Gasteiger partial charge in [-0.05, 0) is 68.3 Å². The molecule has 1 aliphatic heterocycles. The number of fused-ring (bicyclic) bond motifs is 2. The Morgan fingerprint density at radius 2 is 1.80 bits per heavy atom. The van der Waals surface area contributed by atoms with Crippen LogP contribution in [0.2, 0.25) is 5.02 Å². The van der Waals surface area contributed by atoms with Crippen LogP contribution in [0.5, 0.6) is 11.5 Å². The summed E-state index contributed by atoms with van der Waals surface area (Å²) in [5.74, 6) is 0.553. The van der Waals surface area contributed by atoms with Gasteiger partial charge in [-0.15, -0.1) is 0 Å². The van der Waals surface area contributed by atoms with Crippen molar-refractivity contribution in [3.05, 3.63) is 126 Å². The lowest BCUT2D eigenvalue weighted by Crippen LogP contribution is -2.39.